The average molecular weight is 331 g/mol. The summed E-state index contributed by atoms with van der Waals surface area (Å²) in [4.78, 5) is 7.82. The highest BCUT2D eigenvalue weighted by Gasteiger charge is 2.12. The molecule has 1 aromatic carbocycles. The number of nitrogen functional groups attached to an aromatic ring is 1. The Morgan fingerprint density at radius 1 is 1.28 bits per heavy atom. The number of hydrogen-bond acceptors (Lipinski definition) is 5. The van der Waals surface area contributed by atoms with Gasteiger partial charge in [0.2, 0.25) is 11.8 Å². The Kier molecular flexibility index (Phi) is 3.88. The van der Waals surface area contributed by atoms with Gasteiger partial charge in [0, 0.05) is 5.02 Å². The van der Waals surface area contributed by atoms with E-state index < -0.39 is 0 Å². The van der Waals surface area contributed by atoms with Gasteiger partial charge in [-0.15, -0.1) is 0 Å². The second kappa shape index (κ2) is 5.41. The van der Waals surface area contributed by atoms with Gasteiger partial charge in [-0.25, -0.2) is 0 Å². The molecule has 0 aliphatic carbocycles. The standard InChI is InChI=1S/C11H9BrClN3O2/c1-17-10-9(14)11(16-5-15-10)18-8-3-2-6(13)4-7(8)12/h2-5H,14H2,1H3. The Hall–Kier alpha value is -1.53. The molecule has 1 aromatic heterocycles. The number of halogens is 2. The smallest absolute Gasteiger partial charge is 0.249 e. The van der Waals surface area contributed by atoms with Crippen molar-refractivity contribution in [2.75, 3.05) is 12.8 Å². The van der Waals surface area contributed by atoms with Gasteiger partial charge in [-0.2, -0.15) is 9.97 Å². The Morgan fingerprint density at radius 3 is 2.67 bits per heavy atom. The average Bonchev–Trinajstić information content (AvgIpc) is 2.35. The maximum atomic E-state index is 5.84. The minimum Gasteiger partial charge on any atom is -0.479 e. The maximum Gasteiger partial charge on any atom is 0.249 e. The van der Waals surface area contributed by atoms with Crippen molar-refractivity contribution in [3.63, 3.8) is 0 Å². The molecule has 0 atom stereocenters. The molecule has 0 radical (unpaired) electrons. The predicted octanol–water partition coefficient (Wildman–Crippen LogP) is 3.28. The molecule has 2 N–H and O–H groups in total. The van der Waals surface area contributed by atoms with E-state index in [1.54, 1.807) is 18.2 Å². The summed E-state index contributed by atoms with van der Waals surface area (Å²) in [6.07, 6.45) is 1.31. The van der Waals surface area contributed by atoms with Gasteiger partial charge in [0.15, 0.2) is 5.69 Å². The highest BCUT2D eigenvalue weighted by Crippen LogP contribution is 2.35. The summed E-state index contributed by atoms with van der Waals surface area (Å²) in [5.74, 6) is 1.04. The third-order valence-electron chi connectivity index (χ3n) is 2.10. The number of methoxy groups -OCH3 is 1. The minimum atomic E-state index is 0.227. The van der Waals surface area contributed by atoms with Crippen LogP contribution in [0, 0.1) is 0 Å². The Balaban J connectivity index is 2.34. The Bertz CT molecular complexity index is 580. The van der Waals surface area contributed by atoms with Gasteiger partial charge in [-0.1, -0.05) is 11.6 Å². The van der Waals surface area contributed by atoms with Gasteiger partial charge in [-0.3, -0.25) is 0 Å². The van der Waals surface area contributed by atoms with Gasteiger partial charge in [-0.05, 0) is 34.1 Å². The van der Waals surface area contributed by atoms with Gasteiger partial charge in [0.25, 0.3) is 0 Å². The molecular formula is C11H9BrClN3O2. The van der Waals surface area contributed by atoms with E-state index >= 15 is 0 Å². The lowest BCUT2D eigenvalue weighted by Gasteiger charge is -2.10. The zero-order valence-corrected chi connectivity index (χ0v) is 11.7. The monoisotopic (exact) mass is 329 g/mol. The van der Waals surface area contributed by atoms with E-state index in [4.69, 9.17) is 26.8 Å². The first kappa shape index (κ1) is 12.9. The van der Waals surface area contributed by atoms with Crippen LogP contribution in [0.15, 0.2) is 29.0 Å². The van der Waals surface area contributed by atoms with Crippen LogP contribution in [-0.2, 0) is 0 Å². The fourth-order valence-electron chi connectivity index (χ4n) is 1.27. The van der Waals surface area contributed by atoms with Crippen molar-refractivity contribution in [1.29, 1.82) is 0 Å². The second-order valence-corrected chi connectivity index (χ2v) is 4.57. The molecule has 0 fully saturated rings. The number of rotatable bonds is 3. The van der Waals surface area contributed by atoms with E-state index in [0.717, 1.165) is 0 Å². The van der Waals surface area contributed by atoms with Crippen molar-refractivity contribution >= 4 is 33.2 Å². The van der Waals surface area contributed by atoms with Crippen molar-refractivity contribution in [2.24, 2.45) is 0 Å². The van der Waals surface area contributed by atoms with Gasteiger partial charge in [0.1, 0.15) is 12.1 Å². The summed E-state index contributed by atoms with van der Waals surface area (Å²) >= 11 is 9.18. The van der Waals surface area contributed by atoms with Gasteiger partial charge < -0.3 is 15.2 Å². The van der Waals surface area contributed by atoms with Crippen LogP contribution in [0.5, 0.6) is 17.5 Å². The normalized spacial score (nSPS) is 10.2. The first-order chi connectivity index (χ1) is 8.61. The zero-order chi connectivity index (χ0) is 13.1. The molecule has 1 heterocycles. The van der Waals surface area contributed by atoms with E-state index in [1.807, 2.05) is 0 Å². The summed E-state index contributed by atoms with van der Waals surface area (Å²) in [5, 5.41) is 0.600. The number of nitrogens with zero attached hydrogens (tertiary/aromatic N) is 2. The van der Waals surface area contributed by atoms with Crippen molar-refractivity contribution < 1.29 is 9.47 Å². The van der Waals surface area contributed by atoms with Crippen LogP contribution in [0.3, 0.4) is 0 Å². The quantitative estimate of drug-likeness (QED) is 0.935. The van der Waals surface area contributed by atoms with E-state index in [1.165, 1.54) is 13.4 Å². The third-order valence-corrected chi connectivity index (χ3v) is 2.96. The van der Waals surface area contributed by atoms with Crippen molar-refractivity contribution in [1.82, 2.24) is 9.97 Å². The molecular weight excluding hydrogens is 321 g/mol. The summed E-state index contributed by atoms with van der Waals surface area (Å²) in [5.41, 5.74) is 6.04. The van der Waals surface area contributed by atoms with E-state index in [9.17, 15) is 0 Å². The van der Waals surface area contributed by atoms with Crippen molar-refractivity contribution in [3.05, 3.63) is 34.0 Å². The molecule has 2 aromatic rings. The molecule has 5 nitrogen and oxygen atoms in total. The molecule has 0 saturated heterocycles. The fourth-order valence-corrected chi connectivity index (χ4v) is 2.03. The minimum absolute atomic E-state index is 0.227. The number of hydrogen-bond donors (Lipinski definition) is 1. The molecule has 94 valence electrons. The SMILES string of the molecule is COc1ncnc(Oc2ccc(Cl)cc2Br)c1N. The Labute approximate surface area is 117 Å². The molecule has 0 unspecified atom stereocenters. The van der Waals surface area contributed by atoms with E-state index in [2.05, 4.69) is 25.9 Å². The van der Waals surface area contributed by atoms with Gasteiger partial charge >= 0.3 is 0 Å². The number of ether oxygens (including phenoxy) is 2. The van der Waals surface area contributed by atoms with Crippen LogP contribution in [0.1, 0.15) is 0 Å². The summed E-state index contributed by atoms with van der Waals surface area (Å²) in [7, 11) is 1.47. The first-order valence-electron chi connectivity index (χ1n) is 4.89. The molecule has 0 spiro atoms. The van der Waals surface area contributed by atoms with Crippen LogP contribution >= 0.6 is 27.5 Å². The molecule has 0 amide bonds. The number of benzene rings is 1. The molecule has 0 bridgehead atoms. The lowest BCUT2D eigenvalue weighted by atomic mass is 10.3. The van der Waals surface area contributed by atoms with Crippen molar-refractivity contribution in [3.8, 4) is 17.5 Å². The lowest BCUT2D eigenvalue weighted by Crippen LogP contribution is -2.00. The number of anilines is 1. The predicted molar refractivity (Wildman–Crippen MR) is 72.2 cm³/mol. The lowest BCUT2D eigenvalue weighted by molar-refractivity contribution is 0.391. The summed E-state index contributed by atoms with van der Waals surface area (Å²) < 4.78 is 11.3. The molecule has 2 rings (SSSR count). The van der Waals surface area contributed by atoms with Crippen LogP contribution in [-0.4, -0.2) is 17.1 Å². The zero-order valence-electron chi connectivity index (χ0n) is 9.35. The number of aromatic nitrogens is 2. The summed E-state index contributed by atoms with van der Waals surface area (Å²) in [6, 6.07) is 5.13. The number of nitrogens with two attached hydrogens (primary N) is 1. The second-order valence-electron chi connectivity index (χ2n) is 3.28. The largest absolute Gasteiger partial charge is 0.479 e. The molecule has 0 saturated carbocycles. The van der Waals surface area contributed by atoms with Crippen LogP contribution in [0.25, 0.3) is 0 Å². The molecule has 7 heteroatoms. The first-order valence-corrected chi connectivity index (χ1v) is 6.06. The topological polar surface area (TPSA) is 70.3 Å². The maximum absolute atomic E-state index is 5.84. The highest BCUT2D eigenvalue weighted by molar-refractivity contribution is 9.10. The van der Waals surface area contributed by atoms with Crippen LogP contribution in [0.4, 0.5) is 5.69 Å². The van der Waals surface area contributed by atoms with E-state index in [-0.39, 0.29) is 17.4 Å². The molecule has 0 aliphatic rings. The Morgan fingerprint density at radius 2 is 2.00 bits per heavy atom. The summed E-state index contributed by atoms with van der Waals surface area (Å²) in [6.45, 7) is 0. The molecule has 0 aliphatic heterocycles. The van der Waals surface area contributed by atoms with Crippen LogP contribution < -0.4 is 15.2 Å². The van der Waals surface area contributed by atoms with Crippen molar-refractivity contribution in [2.45, 2.75) is 0 Å². The van der Waals surface area contributed by atoms with Crippen LogP contribution in [0.2, 0.25) is 5.02 Å². The fraction of sp³-hybridized carbons (Fsp3) is 0.0909. The van der Waals surface area contributed by atoms with E-state index in [0.29, 0.717) is 15.2 Å². The highest BCUT2D eigenvalue weighted by atomic mass is 79.9. The molecule has 18 heavy (non-hydrogen) atoms. The van der Waals surface area contributed by atoms with Gasteiger partial charge in [0.05, 0.1) is 11.6 Å². The third kappa shape index (κ3) is 2.65.